The van der Waals surface area contributed by atoms with E-state index < -0.39 is 0 Å². The lowest BCUT2D eigenvalue weighted by molar-refractivity contribution is -0.138. The van der Waals surface area contributed by atoms with Crippen LogP contribution in [0.4, 0.5) is 0 Å². The third-order valence-electron chi connectivity index (χ3n) is 4.52. The van der Waals surface area contributed by atoms with Crippen LogP contribution in [0.15, 0.2) is 16.8 Å². The molecule has 2 fully saturated rings. The van der Waals surface area contributed by atoms with Gasteiger partial charge in [0.2, 0.25) is 11.8 Å². The third-order valence-corrected chi connectivity index (χ3v) is 5.25. The summed E-state index contributed by atoms with van der Waals surface area (Å²) in [6.45, 7) is 1.49. The first-order chi connectivity index (χ1) is 9.61. The van der Waals surface area contributed by atoms with Gasteiger partial charge < -0.3 is 9.80 Å². The van der Waals surface area contributed by atoms with Crippen LogP contribution >= 0.6 is 11.3 Å². The molecule has 0 aromatic carbocycles. The number of nitrogens with zero attached hydrogens (tertiary/aromatic N) is 2. The number of thiophene rings is 1. The van der Waals surface area contributed by atoms with Gasteiger partial charge in [0.1, 0.15) is 0 Å². The summed E-state index contributed by atoms with van der Waals surface area (Å²) in [4.78, 5) is 28.3. The van der Waals surface area contributed by atoms with E-state index in [2.05, 4.69) is 0 Å². The molecule has 3 rings (SSSR count). The van der Waals surface area contributed by atoms with Crippen LogP contribution in [0.3, 0.4) is 0 Å². The molecule has 2 amide bonds. The van der Waals surface area contributed by atoms with E-state index in [-0.39, 0.29) is 17.4 Å². The molecule has 2 saturated heterocycles. The highest BCUT2D eigenvalue weighted by Crippen LogP contribution is 2.37. The molecule has 1 spiro atoms. The van der Waals surface area contributed by atoms with Crippen molar-refractivity contribution in [3.8, 4) is 0 Å². The van der Waals surface area contributed by atoms with E-state index >= 15 is 0 Å². The first kappa shape index (κ1) is 13.6. The zero-order valence-electron chi connectivity index (χ0n) is 11.8. The molecule has 0 radical (unpaired) electrons. The number of hydrogen-bond acceptors (Lipinski definition) is 3. The lowest BCUT2D eigenvalue weighted by atomic mass is 9.85. The van der Waals surface area contributed by atoms with E-state index in [4.69, 9.17) is 0 Å². The molecule has 2 aliphatic rings. The lowest BCUT2D eigenvalue weighted by Gasteiger charge is -2.44. The van der Waals surface area contributed by atoms with Gasteiger partial charge >= 0.3 is 0 Å². The van der Waals surface area contributed by atoms with Gasteiger partial charge in [-0.05, 0) is 41.7 Å². The van der Waals surface area contributed by atoms with Crippen LogP contribution in [-0.2, 0) is 16.0 Å². The molecule has 0 unspecified atom stereocenters. The average Bonchev–Trinajstić information content (AvgIpc) is 3.00. The Morgan fingerprint density at radius 3 is 2.95 bits per heavy atom. The van der Waals surface area contributed by atoms with E-state index in [9.17, 15) is 9.59 Å². The Morgan fingerprint density at radius 2 is 2.30 bits per heavy atom. The molecule has 108 valence electrons. The smallest absolute Gasteiger partial charge is 0.227 e. The molecule has 3 heterocycles. The van der Waals surface area contributed by atoms with E-state index in [1.165, 1.54) is 0 Å². The van der Waals surface area contributed by atoms with Crippen molar-refractivity contribution >= 4 is 23.2 Å². The fraction of sp³-hybridized carbons (Fsp3) is 0.600. The van der Waals surface area contributed by atoms with Gasteiger partial charge in [-0.3, -0.25) is 9.59 Å². The molecule has 1 aromatic heterocycles. The van der Waals surface area contributed by atoms with Crippen LogP contribution in [0, 0.1) is 0 Å². The molecular formula is C15H20N2O2S. The second kappa shape index (κ2) is 5.20. The number of carbonyl (C=O) groups excluding carboxylic acids is 2. The van der Waals surface area contributed by atoms with Crippen LogP contribution in [0.1, 0.15) is 31.2 Å². The maximum atomic E-state index is 12.6. The second-order valence-corrected chi connectivity index (χ2v) is 6.74. The predicted molar refractivity (Wildman–Crippen MR) is 78.6 cm³/mol. The Labute approximate surface area is 123 Å². The molecule has 20 heavy (non-hydrogen) atoms. The summed E-state index contributed by atoms with van der Waals surface area (Å²) >= 11 is 1.62. The van der Waals surface area contributed by atoms with Crippen LogP contribution in [0.25, 0.3) is 0 Å². The molecule has 4 nitrogen and oxygen atoms in total. The van der Waals surface area contributed by atoms with Crippen LogP contribution in [0.2, 0.25) is 0 Å². The standard InChI is InChI=1S/C15H20N2O2S/c1-16-11-15(9-14(16)19)5-2-3-6-17(15)13(18)8-12-4-7-20-10-12/h4,7,10H,2-3,5-6,8-9,11H2,1H3/t15-/m1/s1. The Morgan fingerprint density at radius 1 is 1.45 bits per heavy atom. The van der Waals surface area contributed by atoms with Gasteiger partial charge in [-0.15, -0.1) is 0 Å². The SMILES string of the molecule is CN1C[C@@]2(CCCCN2C(=O)Cc2ccsc2)CC1=O. The number of amides is 2. The second-order valence-electron chi connectivity index (χ2n) is 5.96. The predicted octanol–water partition coefficient (Wildman–Crippen LogP) is 1.90. The normalized spacial score (nSPS) is 26.6. The maximum Gasteiger partial charge on any atom is 0.227 e. The van der Waals surface area contributed by atoms with Gasteiger partial charge in [0.15, 0.2) is 0 Å². The van der Waals surface area contributed by atoms with Crippen molar-refractivity contribution in [1.29, 1.82) is 0 Å². The number of likely N-dealkylation sites (N-methyl/N-ethyl adjacent to an activating group) is 1. The lowest BCUT2D eigenvalue weighted by Crippen LogP contribution is -2.56. The third kappa shape index (κ3) is 2.35. The average molecular weight is 292 g/mol. The van der Waals surface area contributed by atoms with Crippen LogP contribution in [-0.4, -0.2) is 47.3 Å². The van der Waals surface area contributed by atoms with Crippen LogP contribution < -0.4 is 0 Å². The molecule has 0 aliphatic carbocycles. The van der Waals surface area contributed by atoms with Crippen molar-refractivity contribution < 1.29 is 9.59 Å². The zero-order chi connectivity index (χ0) is 14.2. The molecule has 1 aromatic rings. The number of piperidine rings is 1. The first-order valence-electron chi connectivity index (χ1n) is 7.16. The van der Waals surface area contributed by atoms with Crippen molar-refractivity contribution in [2.24, 2.45) is 0 Å². The van der Waals surface area contributed by atoms with Crippen molar-refractivity contribution in [1.82, 2.24) is 9.80 Å². The zero-order valence-corrected chi connectivity index (χ0v) is 12.6. The van der Waals surface area contributed by atoms with E-state index in [1.807, 2.05) is 28.8 Å². The van der Waals surface area contributed by atoms with Crippen molar-refractivity contribution in [3.05, 3.63) is 22.4 Å². The molecule has 0 bridgehead atoms. The van der Waals surface area contributed by atoms with Crippen molar-refractivity contribution in [2.75, 3.05) is 20.1 Å². The van der Waals surface area contributed by atoms with Crippen molar-refractivity contribution in [2.45, 2.75) is 37.6 Å². The fourth-order valence-corrected chi connectivity index (χ4v) is 4.17. The summed E-state index contributed by atoms with van der Waals surface area (Å²) in [6.07, 6.45) is 4.08. The summed E-state index contributed by atoms with van der Waals surface area (Å²) < 4.78 is 0. The highest BCUT2D eigenvalue weighted by atomic mass is 32.1. The Bertz CT molecular complexity index is 514. The molecule has 2 aliphatic heterocycles. The number of hydrogen-bond donors (Lipinski definition) is 0. The quantitative estimate of drug-likeness (QED) is 0.835. The number of likely N-dealkylation sites (tertiary alicyclic amines) is 2. The summed E-state index contributed by atoms with van der Waals surface area (Å²) in [5.41, 5.74) is 0.843. The van der Waals surface area contributed by atoms with E-state index in [0.29, 0.717) is 19.4 Å². The number of carbonyl (C=O) groups is 2. The largest absolute Gasteiger partial charge is 0.343 e. The highest BCUT2D eigenvalue weighted by Gasteiger charge is 2.48. The minimum Gasteiger partial charge on any atom is -0.343 e. The maximum absolute atomic E-state index is 12.6. The minimum absolute atomic E-state index is 0.167. The van der Waals surface area contributed by atoms with Gasteiger partial charge in [-0.25, -0.2) is 0 Å². The topological polar surface area (TPSA) is 40.6 Å². The Hall–Kier alpha value is -1.36. The summed E-state index contributed by atoms with van der Waals surface area (Å²) in [5.74, 6) is 0.339. The summed E-state index contributed by atoms with van der Waals surface area (Å²) in [7, 11) is 1.84. The molecular weight excluding hydrogens is 272 g/mol. The monoisotopic (exact) mass is 292 g/mol. The van der Waals surface area contributed by atoms with Crippen LogP contribution in [0.5, 0.6) is 0 Å². The molecule has 5 heteroatoms. The fourth-order valence-electron chi connectivity index (χ4n) is 3.50. The first-order valence-corrected chi connectivity index (χ1v) is 8.10. The minimum atomic E-state index is -0.239. The summed E-state index contributed by atoms with van der Waals surface area (Å²) in [6, 6.07) is 2.01. The van der Waals surface area contributed by atoms with Gasteiger partial charge in [0.05, 0.1) is 18.4 Å². The molecule has 0 saturated carbocycles. The van der Waals surface area contributed by atoms with Gasteiger partial charge in [0.25, 0.3) is 0 Å². The van der Waals surface area contributed by atoms with Crippen molar-refractivity contribution in [3.63, 3.8) is 0 Å². The van der Waals surface area contributed by atoms with E-state index in [0.717, 1.165) is 31.4 Å². The Kier molecular flexibility index (Phi) is 3.54. The van der Waals surface area contributed by atoms with Gasteiger partial charge in [-0.1, -0.05) is 0 Å². The Balaban J connectivity index is 1.79. The molecule has 0 N–H and O–H groups in total. The van der Waals surface area contributed by atoms with Gasteiger partial charge in [-0.2, -0.15) is 11.3 Å². The van der Waals surface area contributed by atoms with Gasteiger partial charge in [0, 0.05) is 20.1 Å². The molecule has 1 atom stereocenters. The number of rotatable bonds is 2. The van der Waals surface area contributed by atoms with E-state index in [1.54, 1.807) is 16.2 Å². The summed E-state index contributed by atoms with van der Waals surface area (Å²) in [5, 5.41) is 4.03. The highest BCUT2D eigenvalue weighted by molar-refractivity contribution is 7.07.